The molecule has 2 nitrogen and oxygen atoms in total. The molecule has 0 rings (SSSR count). The molecule has 0 amide bonds. The monoisotopic (exact) mass is 159 g/mol. The third kappa shape index (κ3) is 4.38. The maximum absolute atomic E-state index is 8.78. The largest absolute Gasteiger partial charge is 0.395 e. The molecule has 3 atom stereocenters. The maximum Gasteiger partial charge on any atom is 0.0582 e. The van der Waals surface area contributed by atoms with Crippen molar-refractivity contribution in [3.05, 3.63) is 0 Å². The fraction of sp³-hybridized carbons (Fsp3) is 1.00. The molecule has 0 radical (unpaired) electrons. The van der Waals surface area contributed by atoms with Gasteiger partial charge in [-0.1, -0.05) is 20.3 Å². The summed E-state index contributed by atoms with van der Waals surface area (Å²) < 4.78 is 0. The number of aliphatic hydroxyl groups is 1. The molecular weight excluding hydrogens is 138 g/mol. The lowest BCUT2D eigenvalue weighted by Crippen LogP contribution is -2.40. The van der Waals surface area contributed by atoms with Crippen molar-refractivity contribution in [2.24, 2.45) is 5.92 Å². The van der Waals surface area contributed by atoms with Gasteiger partial charge < -0.3 is 10.4 Å². The van der Waals surface area contributed by atoms with Gasteiger partial charge in [0.25, 0.3) is 0 Å². The van der Waals surface area contributed by atoms with E-state index in [4.69, 9.17) is 5.11 Å². The maximum atomic E-state index is 8.78. The molecule has 11 heavy (non-hydrogen) atoms. The highest BCUT2D eigenvalue weighted by Crippen LogP contribution is 2.06. The first-order valence-corrected chi connectivity index (χ1v) is 4.48. The minimum Gasteiger partial charge on any atom is -0.395 e. The minimum atomic E-state index is 0.221. The van der Waals surface area contributed by atoms with E-state index in [1.165, 1.54) is 6.42 Å². The predicted molar refractivity (Wildman–Crippen MR) is 48.6 cm³/mol. The van der Waals surface area contributed by atoms with Gasteiger partial charge in [0, 0.05) is 12.1 Å². The highest BCUT2D eigenvalue weighted by molar-refractivity contribution is 4.70. The van der Waals surface area contributed by atoms with E-state index < -0.39 is 0 Å². The van der Waals surface area contributed by atoms with Gasteiger partial charge in [-0.2, -0.15) is 0 Å². The molecule has 68 valence electrons. The Balaban J connectivity index is 3.58. The van der Waals surface area contributed by atoms with Crippen molar-refractivity contribution in [2.45, 2.75) is 46.2 Å². The van der Waals surface area contributed by atoms with E-state index in [2.05, 4.69) is 26.1 Å². The van der Waals surface area contributed by atoms with Gasteiger partial charge in [-0.05, 0) is 19.8 Å². The van der Waals surface area contributed by atoms with Gasteiger partial charge in [-0.25, -0.2) is 0 Å². The summed E-state index contributed by atoms with van der Waals surface area (Å²) in [4.78, 5) is 0. The van der Waals surface area contributed by atoms with Crippen molar-refractivity contribution in [1.29, 1.82) is 0 Å². The highest BCUT2D eigenvalue weighted by atomic mass is 16.3. The van der Waals surface area contributed by atoms with Crippen molar-refractivity contribution in [3.63, 3.8) is 0 Å². The topological polar surface area (TPSA) is 32.3 Å². The second-order valence-corrected chi connectivity index (χ2v) is 3.42. The minimum absolute atomic E-state index is 0.221. The lowest BCUT2D eigenvalue weighted by molar-refractivity contribution is 0.229. The molecule has 0 aromatic rings. The van der Waals surface area contributed by atoms with Gasteiger partial charge in [-0.3, -0.25) is 0 Å². The molecule has 0 saturated carbocycles. The first-order valence-electron chi connectivity index (χ1n) is 4.48. The molecule has 0 aliphatic rings. The smallest absolute Gasteiger partial charge is 0.0582 e. The molecule has 0 saturated heterocycles. The standard InChI is InChI=1S/C9H21NO/c1-5-7(2)9(4)10-8(3)6-11/h7-11H,5-6H2,1-4H3/t7-,8-,9+/m0/s1. The SMILES string of the molecule is CC[C@H](C)[C@@H](C)N[C@@H](C)CO. The molecule has 0 aromatic heterocycles. The van der Waals surface area contributed by atoms with Crippen molar-refractivity contribution in [3.8, 4) is 0 Å². The number of rotatable bonds is 5. The summed E-state index contributed by atoms with van der Waals surface area (Å²) in [6, 6.07) is 0.723. The molecule has 0 bridgehead atoms. The average molecular weight is 159 g/mol. The van der Waals surface area contributed by atoms with Crippen molar-refractivity contribution in [2.75, 3.05) is 6.61 Å². The predicted octanol–water partition coefficient (Wildman–Crippen LogP) is 1.39. The molecule has 2 heteroatoms. The molecule has 0 aliphatic carbocycles. The quantitative estimate of drug-likeness (QED) is 0.635. The van der Waals surface area contributed by atoms with Crippen LogP contribution in [0.25, 0.3) is 0 Å². The van der Waals surface area contributed by atoms with E-state index in [9.17, 15) is 0 Å². The van der Waals surface area contributed by atoms with Gasteiger partial charge in [0.1, 0.15) is 0 Å². The van der Waals surface area contributed by atoms with Crippen molar-refractivity contribution in [1.82, 2.24) is 5.32 Å². The molecule has 0 heterocycles. The summed E-state index contributed by atoms with van der Waals surface area (Å²) >= 11 is 0. The zero-order valence-corrected chi connectivity index (χ0v) is 8.09. The van der Waals surface area contributed by atoms with Crippen LogP contribution in [0.3, 0.4) is 0 Å². The van der Waals surface area contributed by atoms with E-state index in [1.807, 2.05) is 6.92 Å². The zero-order chi connectivity index (χ0) is 8.85. The van der Waals surface area contributed by atoms with Gasteiger partial charge in [0.15, 0.2) is 0 Å². The first-order chi connectivity index (χ1) is 5.11. The van der Waals surface area contributed by atoms with Gasteiger partial charge in [0.05, 0.1) is 6.61 Å². The lowest BCUT2D eigenvalue weighted by atomic mass is 10.0. The van der Waals surface area contributed by atoms with E-state index in [0.717, 1.165) is 0 Å². The van der Waals surface area contributed by atoms with E-state index >= 15 is 0 Å². The van der Waals surface area contributed by atoms with Crippen LogP contribution in [0.1, 0.15) is 34.1 Å². The van der Waals surface area contributed by atoms with Crippen LogP contribution in [-0.2, 0) is 0 Å². The van der Waals surface area contributed by atoms with Gasteiger partial charge >= 0.3 is 0 Å². The Morgan fingerprint density at radius 2 is 1.82 bits per heavy atom. The molecule has 0 aliphatic heterocycles. The van der Waals surface area contributed by atoms with Gasteiger partial charge in [-0.15, -0.1) is 0 Å². The zero-order valence-electron chi connectivity index (χ0n) is 8.09. The normalized spacial score (nSPS) is 19.4. The van der Waals surface area contributed by atoms with Crippen LogP contribution in [0.2, 0.25) is 0 Å². The molecular formula is C9H21NO. The fourth-order valence-electron chi connectivity index (χ4n) is 1.02. The summed E-state index contributed by atoms with van der Waals surface area (Å²) in [6.45, 7) is 8.80. The second kappa shape index (κ2) is 5.56. The van der Waals surface area contributed by atoms with E-state index in [-0.39, 0.29) is 12.6 Å². The van der Waals surface area contributed by atoms with Crippen molar-refractivity contribution >= 4 is 0 Å². The third-order valence-corrected chi connectivity index (χ3v) is 2.32. The Morgan fingerprint density at radius 1 is 1.27 bits per heavy atom. The Kier molecular flexibility index (Phi) is 5.51. The van der Waals surface area contributed by atoms with Crippen LogP contribution in [0.15, 0.2) is 0 Å². The Morgan fingerprint density at radius 3 is 2.18 bits per heavy atom. The number of hydrogen-bond acceptors (Lipinski definition) is 2. The third-order valence-electron chi connectivity index (χ3n) is 2.32. The van der Waals surface area contributed by atoms with Crippen LogP contribution < -0.4 is 5.32 Å². The Labute approximate surface area is 70.0 Å². The Bertz CT molecular complexity index is 95.6. The van der Waals surface area contributed by atoms with Gasteiger partial charge in [0.2, 0.25) is 0 Å². The lowest BCUT2D eigenvalue weighted by Gasteiger charge is -2.23. The van der Waals surface area contributed by atoms with Crippen LogP contribution in [0, 0.1) is 5.92 Å². The summed E-state index contributed by atoms with van der Waals surface area (Å²) in [6.07, 6.45) is 1.19. The summed E-state index contributed by atoms with van der Waals surface area (Å²) in [5.41, 5.74) is 0. The fourth-order valence-corrected chi connectivity index (χ4v) is 1.02. The summed E-state index contributed by atoms with van der Waals surface area (Å²) in [5, 5.41) is 12.1. The van der Waals surface area contributed by atoms with Crippen LogP contribution in [0.4, 0.5) is 0 Å². The summed E-state index contributed by atoms with van der Waals surface area (Å²) in [5.74, 6) is 0.684. The average Bonchev–Trinajstić information content (AvgIpc) is 2.02. The first kappa shape index (κ1) is 10.9. The van der Waals surface area contributed by atoms with Crippen LogP contribution in [-0.4, -0.2) is 23.8 Å². The number of nitrogens with one attached hydrogen (secondary N) is 1. The molecule has 0 unspecified atom stereocenters. The number of aliphatic hydroxyl groups excluding tert-OH is 1. The van der Waals surface area contributed by atoms with Crippen LogP contribution in [0.5, 0.6) is 0 Å². The molecule has 0 spiro atoms. The van der Waals surface area contributed by atoms with E-state index in [0.29, 0.717) is 12.0 Å². The summed E-state index contributed by atoms with van der Waals surface area (Å²) in [7, 11) is 0. The highest BCUT2D eigenvalue weighted by Gasteiger charge is 2.11. The number of hydrogen-bond donors (Lipinski definition) is 2. The molecule has 0 fully saturated rings. The van der Waals surface area contributed by atoms with Crippen LogP contribution >= 0.6 is 0 Å². The van der Waals surface area contributed by atoms with Crippen molar-refractivity contribution < 1.29 is 5.11 Å². The Hall–Kier alpha value is -0.0800. The molecule has 0 aromatic carbocycles. The second-order valence-electron chi connectivity index (χ2n) is 3.42. The molecule has 2 N–H and O–H groups in total. The van der Waals surface area contributed by atoms with E-state index in [1.54, 1.807) is 0 Å².